The Morgan fingerprint density at radius 3 is 1.34 bits per heavy atom. The van der Waals surface area contributed by atoms with Crippen molar-refractivity contribution in [3.8, 4) is 0 Å². The maximum Gasteiger partial charge on any atom is 0.320 e. The first kappa shape index (κ1) is 71.7. The molecule has 0 aliphatic rings. The van der Waals surface area contributed by atoms with Gasteiger partial charge >= 0.3 is 41.8 Å². The lowest BCUT2D eigenvalue weighted by Crippen LogP contribution is -2.36. The molecule has 1 aromatic carbocycles. The van der Waals surface area contributed by atoms with E-state index in [-0.39, 0.29) is 18.3 Å². The fourth-order valence-electron chi connectivity index (χ4n) is 4.07. The zero-order valence-electron chi connectivity index (χ0n) is 40.3. The SMILES string of the molecule is CC(C)C[C@H](N)C(=O)O.CC(C)[C@H](N)C(=O)O.CC[C@H](C)[C@H](N)C(=O)O.CSCC[C@H](N)C(=O)O.NCCCC[C@H](N)C(=O)O.N[C@@H](Cc1ccccc1)C(=O)O.N[C@@H](Cc1cnc[nH]1)C(=O)O. The van der Waals surface area contributed by atoms with Crippen LogP contribution < -0.4 is 45.9 Å². The van der Waals surface area contributed by atoms with Gasteiger partial charge in [0.05, 0.1) is 6.33 Å². The van der Waals surface area contributed by atoms with Crippen molar-refractivity contribution in [3.05, 3.63) is 54.1 Å². The summed E-state index contributed by atoms with van der Waals surface area (Å²) in [5, 5.41) is 58.4. The quantitative estimate of drug-likeness (QED) is 0.0679. The number of nitrogens with zero attached hydrogens (tertiary/aromatic N) is 1. The van der Waals surface area contributed by atoms with Gasteiger partial charge in [0.25, 0.3) is 0 Å². The predicted molar refractivity (Wildman–Crippen MR) is 261 cm³/mol. The smallest absolute Gasteiger partial charge is 0.320 e. The van der Waals surface area contributed by atoms with Crippen LogP contribution in [-0.2, 0) is 46.4 Å². The van der Waals surface area contributed by atoms with Crippen LogP contribution in [0.2, 0.25) is 0 Å². The van der Waals surface area contributed by atoms with E-state index >= 15 is 0 Å². The summed E-state index contributed by atoms with van der Waals surface area (Å²) in [4.78, 5) is 77.7. The number of H-pyrrole nitrogens is 1. The number of rotatable bonds is 23. The minimum Gasteiger partial charge on any atom is -0.480 e. The van der Waals surface area contributed by atoms with Crippen LogP contribution >= 0.6 is 11.8 Å². The van der Waals surface area contributed by atoms with E-state index in [2.05, 4.69) is 9.97 Å². The highest BCUT2D eigenvalue weighted by molar-refractivity contribution is 7.98. The number of aliphatic carboxylic acids is 7. The first-order valence-corrected chi connectivity index (χ1v) is 22.9. The van der Waals surface area contributed by atoms with Gasteiger partial charge in [0, 0.05) is 18.3 Å². The molecule has 24 N–H and O–H groups in total. The molecule has 0 saturated carbocycles. The summed E-state index contributed by atoms with van der Waals surface area (Å²) in [6.45, 7) is 11.8. The normalized spacial score (nSPS) is 13.6. The van der Waals surface area contributed by atoms with E-state index < -0.39 is 84.1 Å². The van der Waals surface area contributed by atoms with E-state index in [0.29, 0.717) is 38.1 Å². The number of benzene rings is 1. The summed E-state index contributed by atoms with van der Waals surface area (Å²) >= 11 is 1.60. The Kier molecular flexibility index (Phi) is 46.7. The van der Waals surface area contributed by atoms with Gasteiger partial charge in [-0.25, -0.2) is 4.98 Å². The number of unbranched alkanes of at least 4 members (excludes halogenated alkanes) is 1. The first-order valence-electron chi connectivity index (χ1n) is 21.5. The molecule has 2 rings (SSSR count). The van der Waals surface area contributed by atoms with Crippen molar-refractivity contribution in [1.82, 2.24) is 9.97 Å². The lowest BCUT2D eigenvalue weighted by molar-refractivity contribution is -0.140. The number of nitrogens with one attached hydrogen (secondary N) is 1. The average Bonchev–Trinajstić information content (AvgIpc) is 3.79. The molecule has 1 heterocycles. The van der Waals surface area contributed by atoms with Crippen molar-refractivity contribution < 1.29 is 69.3 Å². The van der Waals surface area contributed by atoms with Crippen molar-refractivity contribution in [2.75, 3.05) is 18.6 Å². The van der Waals surface area contributed by atoms with Gasteiger partial charge in [-0.2, -0.15) is 11.8 Å². The number of carboxylic acids is 7. The zero-order chi connectivity index (χ0) is 54.1. The second kappa shape index (κ2) is 44.3. The molecule has 68 heavy (non-hydrogen) atoms. The van der Waals surface area contributed by atoms with E-state index in [9.17, 15) is 33.6 Å². The van der Waals surface area contributed by atoms with Crippen LogP contribution in [0.25, 0.3) is 0 Å². The summed E-state index contributed by atoms with van der Waals surface area (Å²) in [5.41, 5.74) is 43.6. The molecule has 25 heteroatoms. The van der Waals surface area contributed by atoms with Crippen molar-refractivity contribution in [3.63, 3.8) is 0 Å². The molecule has 0 spiro atoms. The Morgan fingerprint density at radius 2 is 1.04 bits per heavy atom. The van der Waals surface area contributed by atoms with Gasteiger partial charge in [-0.15, -0.1) is 0 Å². The Bertz CT molecular complexity index is 1630. The number of nitrogens with two attached hydrogens (primary N) is 8. The minimum absolute atomic E-state index is 0.0208. The molecule has 8 atom stereocenters. The molecule has 24 nitrogen and oxygen atoms in total. The summed E-state index contributed by atoms with van der Waals surface area (Å²) in [5.74, 6) is -5.30. The van der Waals surface area contributed by atoms with E-state index in [1.807, 2.05) is 64.3 Å². The fraction of sp³-hybridized carbons (Fsp3) is 0.628. The van der Waals surface area contributed by atoms with Crippen molar-refractivity contribution >= 4 is 53.5 Å². The van der Waals surface area contributed by atoms with Crippen LogP contribution in [0.5, 0.6) is 0 Å². The second-order valence-corrected chi connectivity index (χ2v) is 16.7. The number of carbonyl (C=O) groups is 7. The number of hydrogen-bond donors (Lipinski definition) is 16. The highest BCUT2D eigenvalue weighted by Crippen LogP contribution is 2.05. The minimum atomic E-state index is -1.00. The zero-order valence-corrected chi connectivity index (χ0v) is 41.2. The molecule has 0 saturated heterocycles. The molecule has 394 valence electrons. The lowest BCUT2D eigenvalue weighted by Gasteiger charge is -2.11. The topological polar surface area (TPSA) is 498 Å². The Balaban J connectivity index is -0.000000228. The molecule has 0 radical (unpaired) electrons. The number of aromatic amines is 1. The number of hydrogen-bond acceptors (Lipinski definition) is 17. The number of imidazole rings is 1. The van der Waals surface area contributed by atoms with Crippen LogP contribution in [0.4, 0.5) is 0 Å². The maximum atomic E-state index is 10.4. The molecule has 0 bridgehead atoms. The van der Waals surface area contributed by atoms with Gasteiger partial charge in [0.1, 0.15) is 42.3 Å². The molecule has 0 aliphatic carbocycles. The summed E-state index contributed by atoms with van der Waals surface area (Å²) in [7, 11) is 0. The van der Waals surface area contributed by atoms with Gasteiger partial charge in [-0.3, -0.25) is 33.6 Å². The second-order valence-electron chi connectivity index (χ2n) is 15.7. The predicted octanol–water partition coefficient (Wildman–Crippen LogP) is 0.627. The molecular formula is C43H82N10O14S. The monoisotopic (exact) mass is 995 g/mol. The first-order chi connectivity index (χ1) is 31.4. The third kappa shape index (κ3) is 45.9. The Labute approximate surface area is 403 Å². The highest BCUT2D eigenvalue weighted by atomic mass is 32.2. The van der Waals surface area contributed by atoms with E-state index in [4.69, 9.17) is 81.6 Å². The van der Waals surface area contributed by atoms with Gasteiger partial charge in [0.15, 0.2) is 0 Å². The third-order valence-electron chi connectivity index (χ3n) is 8.75. The lowest BCUT2D eigenvalue weighted by atomic mass is 10.0. The van der Waals surface area contributed by atoms with Crippen molar-refractivity contribution in [2.24, 2.45) is 63.6 Å². The van der Waals surface area contributed by atoms with Gasteiger partial charge < -0.3 is 86.6 Å². The largest absolute Gasteiger partial charge is 0.480 e. The Hall–Kier alpha value is -5.25. The standard InChI is InChI=1S/C9H11NO2.C6H9N3O2.C6H14N2O2.2C6H13NO2.C5H11NO2S.C5H11NO2/c10-8(9(11)12)6-7-4-2-1-3-5-7;7-5(6(10)11)1-4-2-8-3-9-4;7-4-2-1-3-5(8)6(9)10;1-4(2)3-5(7)6(8)9;1-3-4(2)5(7)6(8)9;1-9-3-2-4(6)5(7)8;1-3(2)4(6)5(7)8/h1-5,8H,6,10H2,(H,11,12);2-3,5H,1,7H2,(H,8,9)(H,10,11);5H,1-4,7-8H2,(H,9,10);2*4-5H,3,7H2,1-2H3,(H,8,9);4H,2-3,6H2,1H3,(H,7,8);3-4H,6H2,1-2H3,(H,7,8)/t8-;3*5-;4-,5-;2*4-/m0000000/s1. The van der Waals surface area contributed by atoms with Crippen molar-refractivity contribution in [1.29, 1.82) is 0 Å². The summed E-state index contributed by atoms with van der Waals surface area (Å²) < 4.78 is 0. The van der Waals surface area contributed by atoms with Crippen LogP contribution in [0.15, 0.2) is 42.9 Å². The van der Waals surface area contributed by atoms with Crippen molar-refractivity contribution in [2.45, 2.75) is 135 Å². The fourth-order valence-corrected chi connectivity index (χ4v) is 4.56. The molecule has 0 amide bonds. The van der Waals surface area contributed by atoms with Gasteiger partial charge in [-0.05, 0) is 74.0 Å². The summed E-state index contributed by atoms with van der Waals surface area (Å²) in [6.07, 6.45) is 9.73. The van der Waals surface area contributed by atoms with E-state index in [1.165, 1.54) is 6.33 Å². The third-order valence-corrected chi connectivity index (χ3v) is 9.40. The molecule has 0 fully saturated rings. The molecular weight excluding hydrogens is 913 g/mol. The molecule has 2 aromatic rings. The van der Waals surface area contributed by atoms with Crippen LogP contribution in [0, 0.1) is 17.8 Å². The van der Waals surface area contributed by atoms with E-state index in [0.717, 1.165) is 36.3 Å². The number of thioether (sulfide) groups is 1. The number of aromatic nitrogens is 2. The molecule has 1 aromatic heterocycles. The van der Waals surface area contributed by atoms with Crippen LogP contribution in [0.3, 0.4) is 0 Å². The average molecular weight is 995 g/mol. The molecule has 0 aliphatic heterocycles. The van der Waals surface area contributed by atoms with E-state index in [1.54, 1.807) is 31.8 Å². The summed E-state index contributed by atoms with van der Waals surface area (Å²) in [6, 6.07) is 4.19. The van der Waals surface area contributed by atoms with Gasteiger partial charge in [0.2, 0.25) is 0 Å². The maximum absolute atomic E-state index is 10.4. The van der Waals surface area contributed by atoms with Crippen LogP contribution in [-0.4, -0.2) is 148 Å². The molecule has 0 unspecified atom stereocenters. The number of carboxylic acid groups (broad SMARTS) is 7. The Morgan fingerprint density at radius 1 is 0.603 bits per heavy atom. The van der Waals surface area contributed by atoms with Gasteiger partial charge in [-0.1, -0.05) is 84.7 Å². The van der Waals surface area contributed by atoms with Crippen LogP contribution in [0.1, 0.15) is 91.3 Å². The highest BCUT2D eigenvalue weighted by Gasteiger charge is 2.18.